The minimum Gasteiger partial charge on any atom is -0.492 e. The molecule has 0 heterocycles. The van der Waals surface area contributed by atoms with Crippen molar-refractivity contribution < 1.29 is 13.2 Å². The minimum absolute atomic E-state index is 0.144. The largest absolute Gasteiger partial charge is 0.492 e. The number of anilines is 2. The standard InChI is InChI=1S/C22H32ClN3O3S/c1-4-5-18-30(27,28)26(16-15-25(2)3)22-9-7-6-8-21(22)24-14-17-29-20-12-10-19(23)11-13-20/h6-13,24H,4-5,14-18H2,1-3H3. The molecule has 2 rings (SSSR count). The molecule has 0 aliphatic heterocycles. The highest BCUT2D eigenvalue weighted by atomic mass is 35.5. The first-order valence-electron chi connectivity index (χ1n) is 10.2. The van der Waals surface area contributed by atoms with E-state index in [0.717, 1.165) is 17.9 Å². The van der Waals surface area contributed by atoms with Crippen LogP contribution in [0, 0.1) is 0 Å². The molecule has 0 saturated carbocycles. The van der Waals surface area contributed by atoms with Gasteiger partial charge in [-0.3, -0.25) is 4.31 Å². The lowest BCUT2D eigenvalue weighted by atomic mass is 10.2. The number of para-hydroxylation sites is 2. The lowest BCUT2D eigenvalue weighted by Crippen LogP contribution is -2.38. The first-order chi connectivity index (χ1) is 14.3. The molecular formula is C22H32ClN3O3S. The zero-order valence-corrected chi connectivity index (χ0v) is 19.5. The van der Waals surface area contributed by atoms with E-state index in [4.69, 9.17) is 16.3 Å². The van der Waals surface area contributed by atoms with Gasteiger partial charge in [0.1, 0.15) is 12.4 Å². The van der Waals surface area contributed by atoms with Gasteiger partial charge in [0.05, 0.1) is 17.1 Å². The van der Waals surface area contributed by atoms with Gasteiger partial charge in [-0.15, -0.1) is 0 Å². The maximum Gasteiger partial charge on any atom is 0.235 e. The molecule has 0 aliphatic carbocycles. The summed E-state index contributed by atoms with van der Waals surface area (Å²) in [5.41, 5.74) is 1.44. The van der Waals surface area contributed by atoms with E-state index in [9.17, 15) is 8.42 Å². The van der Waals surface area contributed by atoms with Crippen LogP contribution in [0.25, 0.3) is 0 Å². The Balaban J connectivity index is 2.10. The molecule has 30 heavy (non-hydrogen) atoms. The lowest BCUT2D eigenvalue weighted by molar-refractivity contribution is 0.333. The van der Waals surface area contributed by atoms with Crippen LogP contribution in [0.3, 0.4) is 0 Å². The summed E-state index contributed by atoms with van der Waals surface area (Å²) >= 11 is 5.89. The van der Waals surface area contributed by atoms with Gasteiger partial charge in [0.2, 0.25) is 10.0 Å². The van der Waals surface area contributed by atoms with Gasteiger partial charge in [0, 0.05) is 24.7 Å². The predicted octanol–water partition coefficient (Wildman–Crippen LogP) is 4.33. The fourth-order valence-electron chi connectivity index (χ4n) is 2.86. The van der Waals surface area contributed by atoms with E-state index in [0.29, 0.717) is 43.4 Å². The van der Waals surface area contributed by atoms with E-state index in [1.165, 1.54) is 4.31 Å². The van der Waals surface area contributed by atoms with Crippen molar-refractivity contribution in [2.75, 3.05) is 55.7 Å². The van der Waals surface area contributed by atoms with E-state index in [2.05, 4.69) is 5.32 Å². The maximum atomic E-state index is 13.0. The van der Waals surface area contributed by atoms with Crippen molar-refractivity contribution in [2.24, 2.45) is 0 Å². The highest BCUT2D eigenvalue weighted by Gasteiger charge is 2.24. The number of halogens is 1. The second kappa shape index (κ2) is 12.0. The lowest BCUT2D eigenvalue weighted by Gasteiger charge is -2.28. The SMILES string of the molecule is CCCCS(=O)(=O)N(CCN(C)C)c1ccccc1NCCOc1ccc(Cl)cc1. The number of sulfonamides is 1. The average molecular weight is 454 g/mol. The van der Waals surface area contributed by atoms with Crippen molar-refractivity contribution in [2.45, 2.75) is 19.8 Å². The van der Waals surface area contributed by atoms with E-state index in [1.807, 2.05) is 62.3 Å². The molecule has 166 valence electrons. The molecule has 0 bridgehead atoms. The molecule has 0 atom stereocenters. The Morgan fingerprint density at radius 3 is 2.40 bits per heavy atom. The molecule has 0 spiro atoms. The van der Waals surface area contributed by atoms with Crippen LogP contribution < -0.4 is 14.4 Å². The van der Waals surface area contributed by atoms with Crippen molar-refractivity contribution in [3.8, 4) is 5.75 Å². The zero-order valence-electron chi connectivity index (χ0n) is 18.0. The minimum atomic E-state index is -3.41. The van der Waals surface area contributed by atoms with Gasteiger partial charge in [-0.05, 0) is 56.9 Å². The highest BCUT2D eigenvalue weighted by molar-refractivity contribution is 7.92. The van der Waals surface area contributed by atoms with Crippen LogP contribution in [-0.2, 0) is 10.0 Å². The maximum absolute atomic E-state index is 13.0. The molecule has 2 aromatic carbocycles. The van der Waals surface area contributed by atoms with Gasteiger partial charge in [0.15, 0.2) is 0 Å². The van der Waals surface area contributed by atoms with Crippen LogP contribution in [0.5, 0.6) is 5.75 Å². The Kier molecular flexibility index (Phi) is 9.75. The topological polar surface area (TPSA) is 61.9 Å². The summed E-state index contributed by atoms with van der Waals surface area (Å²) in [6.07, 6.45) is 1.48. The molecule has 6 nitrogen and oxygen atoms in total. The smallest absolute Gasteiger partial charge is 0.235 e. The van der Waals surface area contributed by atoms with Crippen molar-refractivity contribution in [3.05, 3.63) is 53.6 Å². The predicted molar refractivity (Wildman–Crippen MR) is 126 cm³/mol. The Bertz CT molecular complexity index is 873. The summed E-state index contributed by atoms with van der Waals surface area (Å²) in [4.78, 5) is 1.98. The summed E-state index contributed by atoms with van der Waals surface area (Å²) in [5, 5.41) is 3.98. The molecule has 0 unspecified atom stereocenters. The summed E-state index contributed by atoms with van der Waals surface area (Å²) < 4.78 is 33.3. The van der Waals surface area contributed by atoms with E-state index < -0.39 is 10.0 Å². The zero-order chi connectivity index (χ0) is 22.0. The van der Waals surface area contributed by atoms with Crippen LogP contribution >= 0.6 is 11.6 Å². The molecule has 0 aromatic heterocycles. The molecule has 8 heteroatoms. The molecule has 2 aromatic rings. The van der Waals surface area contributed by atoms with Crippen LogP contribution in [0.15, 0.2) is 48.5 Å². The number of rotatable bonds is 13. The number of nitrogens with zero attached hydrogens (tertiary/aromatic N) is 2. The Labute approximate surface area is 185 Å². The van der Waals surface area contributed by atoms with Crippen molar-refractivity contribution in [3.63, 3.8) is 0 Å². The van der Waals surface area contributed by atoms with Crippen molar-refractivity contribution in [1.82, 2.24) is 4.90 Å². The second-order valence-corrected chi connectivity index (χ2v) is 9.74. The molecule has 0 fully saturated rings. The van der Waals surface area contributed by atoms with Crippen LogP contribution in [-0.4, -0.2) is 59.4 Å². The molecular weight excluding hydrogens is 422 g/mol. The van der Waals surface area contributed by atoms with E-state index in [-0.39, 0.29) is 5.75 Å². The summed E-state index contributed by atoms with van der Waals surface area (Å²) in [5.74, 6) is 0.884. The monoisotopic (exact) mass is 453 g/mol. The molecule has 1 N–H and O–H groups in total. The number of ether oxygens (including phenoxy) is 1. The number of benzene rings is 2. The molecule has 0 aliphatic rings. The molecule has 0 saturated heterocycles. The third-order valence-corrected chi connectivity index (χ3v) is 6.62. The summed E-state index contributed by atoms with van der Waals surface area (Å²) in [6.45, 7) is 4.01. The van der Waals surface area contributed by atoms with Crippen LogP contribution in [0.2, 0.25) is 5.02 Å². The van der Waals surface area contributed by atoms with Gasteiger partial charge >= 0.3 is 0 Å². The average Bonchev–Trinajstić information content (AvgIpc) is 2.71. The number of unbranched alkanes of at least 4 members (excludes halogenated alkanes) is 1. The Hall–Kier alpha value is -1.96. The Morgan fingerprint density at radius 2 is 1.73 bits per heavy atom. The highest BCUT2D eigenvalue weighted by Crippen LogP contribution is 2.28. The fourth-order valence-corrected chi connectivity index (χ4v) is 4.68. The van der Waals surface area contributed by atoms with Gasteiger partial charge in [0.25, 0.3) is 0 Å². The normalized spacial score (nSPS) is 11.5. The van der Waals surface area contributed by atoms with E-state index in [1.54, 1.807) is 12.1 Å². The summed E-state index contributed by atoms with van der Waals surface area (Å²) in [7, 11) is 0.469. The Morgan fingerprint density at radius 1 is 1.03 bits per heavy atom. The van der Waals surface area contributed by atoms with Crippen LogP contribution in [0.4, 0.5) is 11.4 Å². The van der Waals surface area contributed by atoms with Crippen LogP contribution in [0.1, 0.15) is 19.8 Å². The number of hydrogen-bond acceptors (Lipinski definition) is 5. The number of nitrogens with one attached hydrogen (secondary N) is 1. The van der Waals surface area contributed by atoms with E-state index >= 15 is 0 Å². The number of hydrogen-bond donors (Lipinski definition) is 1. The first-order valence-corrected chi connectivity index (χ1v) is 12.2. The second-order valence-electron chi connectivity index (χ2n) is 7.29. The summed E-state index contributed by atoms with van der Waals surface area (Å²) in [6, 6.07) is 14.7. The number of likely N-dealkylation sites (N-methyl/N-ethyl adjacent to an activating group) is 1. The van der Waals surface area contributed by atoms with Crippen molar-refractivity contribution >= 4 is 33.0 Å². The first kappa shape index (κ1) is 24.3. The van der Waals surface area contributed by atoms with Gasteiger partial charge < -0.3 is 15.0 Å². The molecule has 0 amide bonds. The third kappa shape index (κ3) is 7.70. The van der Waals surface area contributed by atoms with Gasteiger partial charge in [-0.1, -0.05) is 37.1 Å². The van der Waals surface area contributed by atoms with Crippen molar-refractivity contribution in [1.29, 1.82) is 0 Å². The third-order valence-electron chi connectivity index (χ3n) is 4.51. The quantitative estimate of drug-likeness (QED) is 0.457. The van der Waals surface area contributed by atoms with Gasteiger partial charge in [-0.2, -0.15) is 0 Å². The van der Waals surface area contributed by atoms with Gasteiger partial charge in [-0.25, -0.2) is 8.42 Å². The fraction of sp³-hybridized carbons (Fsp3) is 0.455. The molecule has 0 radical (unpaired) electrons.